The molecule has 0 aliphatic rings. The molecule has 0 bridgehead atoms. The lowest BCUT2D eigenvalue weighted by Gasteiger charge is -2.39. The van der Waals surface area contributed by atoms with Crippen molar-refractivity contribution in [3.05, 3.63) is 35.9 Å². The number of hydrogen-bond donors (Lipinski definition) is 2. The van der Waals surface area contributed by atoms with Gasteiger partial charge in [-0.1, -0.05) is 85.7 Å². The van der Waals surface area contributed by atoms with Gasteiger partial charge in [-0.05, 0) is 68.4 Å². The van der Waals surface area contributed by atoms with Crippen molar-refractivity contribution < 1.29 is 19.2 Å². The van der Waals surface area contributed by atoms with Crippen LogP contribution in [0.25, 0.3) is 0 Å². The highest BCUT2D eigenvalue weighted by Crippen LogP contribution is 2.22. The van der Waals surface area contributed by atoms with Crippen LogP contribution < -0.4 is 10.6 Å². The third-order valence-corrected chi connectivity index (χ3v) is 8.31. The Morgan fingerprint density at radius 3 is 1.42 bits per heavy atom. The van der Waals surface area contributed by atoms with Gasteiger partial charge in [0, 0.05) is 27.7 Å². The maximum absolute atomic E-state index is 14.2. The van der Waals surface area contributed by atoms with Crippen molar-refractivity contribution >= 4 is 23.6 Å². The number of rotatable bonds is 19. The molecule has 4 amide bonds. The average Bonchev–Trinajstić information content (AvgIpc) is 2.98. The van der Waals surface area contributed by atoms with Crippen molar-refractivity contribution in [3.8, 4) is 0 Å². The van der Waals surface area contributed by atoms with Crippen LogP contribution in [0.5, 0.6) is 0 Å². The molecule has 4 atom stereocenters. The molecule has 2 N–H and O–H groups in total. The summed E-state index contributed by atoms with van der Waals surface area (Å²) in [7, 11) is 6.79. The molecule has 45 heavy (non-hydrogen) atoms. The summed E-state index contributed by atoms with van der Waals surface area (Å²) < 4.78 is 0. The molecule has 0 aliphatic heterocycles. The first-order chi connectivity index (χ1) is 21.0. The van der Waals surface area contributed by atoms with Crippen molar-refractivity contribution in [1.29, 1.82) is 0 Å². The number of hydrogen-bond acceptors (Lipinski definition) is 5. The summed E-state index contributed by atoms with van der Waals surface area (Å²) in [5.41, 5.74) is 1.13. The molecule has 0 spiro atoms. The molecule has 0 aliphatic carbocycles. The molecular weight excluding hydrogens is 566 g/mol. The van der Waals surface area contributed by atoms with E-state index in [1.165, 1.54) is 9.80 Å². The monoisotopic (exact) mass is 629 g/mol. The van der Waals surface area contributed by atoms with Crippen LogP contribution >= 0.6 is 0 Å². The smallest absolute Gasteiger partial charge is 0.245 e. The molecular formula is C36H63N5O4. The topological polar surface area (TPSA) is 102 Å². The molecule has 0 radical (unpaired) electrons. The second-order valence-corrected chi connectivity index (χ2v) is 14.3. The highest BCUT2D eigenvalue weighted by atomic mass is 16.2. The van der Waals surface area contributed by atoms with E-state index in [0.29, 0.717) is 44.6 Å². The van der Waals surface area contributed by atoms with Crippen LogP contribution in [0.3, 0.4) is 0 Å². The summed E-state index contributed by atoms with van der Waals surface area (Å²) in [6.07, 6.45) is 2.76. The molecule has 1 rings (SSSR count). The van der Waals surface area contributed by atoms with Gasteiger partial charge in [-0.25, -0.2) is 0 Å². The largest absolute Gasteiger partial charge is 0.354 e. The standard InChI is InChI=1S/C36H63N5O4/c1-24(2)20-29(37-9)34(43)40(11)31(22-26(5)6)36(45)41(12)32(23-27(7)8)35(44)39(10)30(21-25(3)4)33(42)38-19-18-28-16-14-13-15-17-28/h13-17,24-27,29-32,37H,18-23H2,1-12H3,(H,38,42)/t29-,30-,31+,32-/m0/s1. The first-order valence-corrected chi connectivity index (χ1v) is 16.8. The summed E-state index contributed by atoms with van der Waals surface area (Å²) in [5, 5.41) is 6.16. The van der Waals surface area contributed by atoms with E-state index in [2.05, 4.69) is 24.5 Å². The summed E-state index contributed by atoms with van der Waals surface area (Å²) >= 11 is 0. The van der Waals surface area contributed by atoms with E-state index in [4.69, 9.17) is 0 Å². The van der Waals surface area contributed by atoms with Crippen LogP contribution in [-0.4, -0.2) is 97.2 Å². The minimum Gasteiger partial charge on any atom is -0.354 e. The van der Waals surface area contributed by atoms with Crippen molar-refractivity contribution in [3.63, 3.8) is 0 Å². The van der Waals surface area contributed by atoms with Gasteiger partial charge in [0.1, 0.15) is 18.1 Å². The number of amides is 4. The number of carbonyl (C=O) groups is 4. The predicted octanol–water partition coefficient (Wildman–Crippen LogP) is 4.60. The van der Waals surface area contributed by atoms with Crippen LogP contribution in [0.1, 0.15) is 86.6 Å². The molecule has 0 unspecified atom stereocenters. The van der Waals surface area contributed by atoms with Gasteiger partial charge in [-0.2, -0.15) is 0 Å². The van der Waals surface area contributed by atoms with Gasteiger partial charge in [0.2, 0.25) is 23.6 Å². The zero-order chi connectivity index (χ0) is 34.4. The third-order valence-electron chi connectivity index (χ3n) is 8.31. The van der Waals surface area contributed by atoms with Crippen molar-refractivity contribution in [2.24, 2.45) is 23.7 Å². The lowest BCUT2D eigenvalue weighted by Crippen LogP contribution is -2.59. The van der Waals surface area contributed by atoms with E-state index in [-0.39, 0.29) is 41.4 Å². The van der Waals surface area contributed by atoms with Gasteiger partial charge >= 0.3 is 0 Å². The Bertz CT molecular complexity index is 1060. The van der Waals surface area contributed by atoms with Gasteiger partial charge in [-0.3, -0.25) is 19.2 Å². The summed E-state index contributed by atoms with van der Waals surface area (Å²) in [5.74, 6) is -0.113. The van der Waals surface area contributed by atoms with Crippen molar-refractivity contribution in [2.45, 2.75) is 112 Å². The Hall–Kier alpha value is -2.94. The Morgan fingerprint density at radius 2 is 1.00 bits per heavy atom. The van der Waals surface area contributed by atoms with Crippen molar-refractivity contribution in [1.82, 2.24) is 25.3 Å². The quantitative estimate of drug-likeness (QED) is 0.233. The Labute approximate surface area is 273 Å². The van der Waals surface area contributed by atoms with E-state index in [1.54, 1.807) is 33.1 Å². The zero-order valence-electron chi connectivity index (χ0n) is 30.2. The average molecular weight is 630 g/mol. The number of likely N-dealkylation sites (N-methyl/N-ethyl adjacent to an activating group) is 4. The number of nitrogens with one attached hydrogen (secondary N) is 2. The lowest BCUT2D eigenvalue weighted by atomic mass is 9.95. The van der Waals surface area contributed by atoms with Gasteiger partial charge in [-0.15, -0.1) is 0 Å². The van der Waals surface area contributed by atoms with Gasteiger partial charge < -0.3 is 25.3 Å². The van der Waals surface area contributed by atoms with E-state index in [0.717, 1.165) is 5.56 Å². The predicted molar refractivity (Wildman–Crippen MR) is 183 cm³/mol. The minimum absolute atomic E-state index is 0.119. The summed E-state index contributed by atoms with van der Waals surface area (Å²) in [6.45, 7) is 16.8. The van der Waals surface area contributed by atoms with Gasteiger partial charge in [0.15, 0.2) is 0 Å². The molecule has 0 aromatic heterocycles. The van der Waals surface area contributed by atoms with Crippen LogP contribution in [0.15, 0.2) is 30.3 Å². The molecule has 256 valence electrons. The molecule has 1 aromatic carbocycles. The first-order valence-electron chi connectivity index (χ1n) is 16.8. The number of nitrogens with zero attached hydrogens (tertiary/aromatic N) is 3. The fourth-order valence-electron chi connectivity index (χ4n) is 5.71. The highest BCUT2D eigenvalue weighted by Gasteiger charge is 2.39. The molecule has 0 saturated heterocycles. The van der Waals surface area contributed by atoms with E-state index < -0.39 is 24.2 Å². The van der Waals surface area contributed by atoms with Crippen LogP contribution in [0, 0.1) is 23.7 Å². The van der Waals surface area contributed by atoms with Crippen LogP contribution in [0.2, 0.25) is 0 Å². The second-order valence-electron chi connectivity index (χ2n) is 14.3. The van der Waals surface area contributed by atoms with Crippen LogP contribution in [-0.2, 0) is 25.6 Å². The normalized spacial score (nSPS) is 14.3. The Morgan fingerprint density at radius 1 is 0.600 bits per heavy atom. The Kier molecular flexibility index (Phi) is 17.4. The van der Waals surface area contributed by atoms with Crippen LogP contribution in [0.4, 0.5) is 0 Å². The Balaban J connectivity index is 3.29. The zero-order valence-corrected chi connectivity index (χ0v) is 30.2. The summed E-state index contributed by atoms with van der Waals surface area (Å²) in [4.78, 5) is 60.1. The highest BCUT2D eigenvalue weighted by molar-refractivity contribution is 5.94. The van der Waals surface area contributed by atoms with E-state index in [9.17, 15) is 19.2 Å². The van der Waals surface area contributed by atoms with E-state index in [1.807, 2.05) is 71.9 Å². The molecule has 9 heteroatoms. The fourth-order valence-corrected chi connectivity index (χ4v) is 5.71. The molecule has 9 nitrogen and oxygen atoms in total. The van der Waals surface area contributed by atoms with Gasteiger partial charge in [0.25, 0.3) is 0 Å². The maximum atomic E-state index is 14.2. The summed E-state index contributed by atoms with van der Waals surface area (Å²) in [6, 6.07) is 7.39. The second kappa shape index (κ2) is 19.5. The first kappa shape index (κ1) is 40.1. The third kappa shape index (κ3) is 13.1. The SMILES string of the molecule is CN[C@@H](CC(C)C)C(=O)N(C)[C@H](CC(C)C)C(=O)N(C)[C@@H](CC(C)C)C(=O)N(C)[C@@H](CC(C)C)C(=O)NCCc1ccccc1. The molecule has 0 heterocycles. The lowest BCUT2D eigenvalue weighted by molar-refractivity contribution is -0.153. The molecule has 1 aromatic rings. The fraction of sp³-hybridized carbons (Fsp3) is 0.722. The van der Waals surface area contributed by atoms with Crippen molar-refractivity contribution in [2.75, 3.05) is 34.7 Å². The number of benzene rings is 1. The molecule has 0 saturated carbocycles. The number of carbonyl (C=O) groups excluding carboxylic acids is 4. The van der Waals surface area contributed by atoms with E-state index >= 15 is 0 Å². The minimum atomic E-state index is -0.775. The van der Waals surface area contributed by atoms with Gasteiger partial charge in [0.05, 0.1) is 6.04 Å². The maximum Gasteiger partial charge on any atom is 0.245 e. The molecule has 0 fully saturated rings.